The zero-order chi connectivity index (χ0) is 13.3. The first-order chi connectivity index (χ1) is 8.40. The van der Waals surface area contributed by atoms with E-state index in [-0.39, 0.29) is 10.6 Å². The first-order valence-electron chi connectivity index (χ1n) is 5.21. The molecule has 96 valence electrons. The van der Waals surface area contributed by atoms with Gasteiger partial charge in [0.2, 0.25) is 0 Å². The van der Waals surface area contributed by atoms with Crippen LogP contribution in [0, 0.1) is 6.92 Å². The van der Waals surface area contributed by atoms with Crippen LogP contribution in [-0.4, -0.2) is 23.3 Å². The molecule has 18 heavy (non-hydrogen) atoms. The second-order valence-electron chi connectivity index (χ2n) is 3.88. The summed E-state index contributed by atoms with van der Waals surface area (Å²) < 4.78 is 28.1. The van der Waals surface area contributed by atoms with Gasteiger partial charge in [0.15, 0.2) is 0 Å². The normalized spacial score (nSPS) is 11.4. The van der Waals surface area contributed by atoms with Crippen LogP contribution in [0.2, 0.25) is 0 Å². The number of phenols is 1. The summed E-state index contributed by atoms with van der Waals surface area (Å²) in [6.07, 6.45) is 1.56. The summed E-state index contributed by atoms with van der Waals surface area (Å²) >= 11 is 0. The van der Waals surface area contributed by atoms with Crippen LogP contribution in [0.15, 0.2) is 35.4 Å². The number of para-hydroxylation sites is 1. The van der Waals surface area contributed by atoms with Gasteiger partial charge in [0.25, 0.3) is 10.0 Å². The molecule has 2 aromatic rings. The molecule has 1 heterocycles. The number of aromatic nitrogens is 2. The number of phenolic OH excluding ortho intramolecular Hbond substituents is 1. The SMILES string of the molecule is Cc1nn(C)cc1NS(=O)(=O)c1ccccc1O. The second-order valence-corrected chi connectivity index (χ2v) is 5.53. The lowest BCUT2D eigenvalue weighted by atomic mass is 10.3. The Morgan fingerprint density at radius 1 is 1.33 bits per heavy atom. The second kappa shape index (κ2) is 4.34. The third kappa shape index (κ3) is 2.30. The van der Waals surface area contributed by atoms with E-state index in [4.69, 9.17) is 0 Å². The highest BCUT2D eigenvalue weighted by Gasteiger charge is 2.19. The average Bonchev–Trinajstić information content (AvgIpc) is 2.57. The van der Waals surface area contributed by atoms with E-state index in [0.717, 1.165) is 0 Å². The van der Waals surface area contributed by atoms with Gasteiger partial charge in [-0.15, -0.1) is 0 Å². The molecule has 0 aliphatic rings. The maximum absolute atomic E-state index is 12.1. The van der Waals surface area contributed by atoms with Gasteiger partial charge in [-0.2, -0.15) is 5.10 Å². The molecular formula is C11H13N3O3S. The first kappa shape index (κ1) is 12.4. The molecule has 0 aliphatic heterocycles. The van der Waals surface area contributed by atoms with Gasteiger partial charge >= 0.3 is 0 Å². The molecule has 2 N–H and O–H groups in total. The zero-order valence-electron chi connectivity index (χ0n) is 9.95. The Kier molecular flexibility index (Phi) is 3.00. The molecule has 0 saturated carbocycles. The monoisotopic (exact) mass is 267 g/mol. The maximum Gasteiger partial charge on any atom is 0.265 e. The Morgan fingerprint density at radius 2 is 2.00 bits per heavy atom. The summed E-state index contributed by atoms with van der Waals surface area (Å²) in [6, 6.07) is 5.77. The van der Waals surface area contributed by atoms with Crippen molar-refractivity contribution >= 4 is 15.7 Å². The number of nitrogens with one attached hydrogen (secondary N) is 1. The van der Waals surface area contributed by atoms with E-state index in [2.05, 4.69) is 9.82 Å². The number of benzene rings is 1. The Balaban J connectivity index is 2.39. The summed E-state index contributed by atoms with van der Waals surface area (Å²) in [5.41, 5.74) is 0.956. The molecular weight excluding hydrogens is 254 g/mol. The van der Waals surface area contributed by atoms with Gasteiger partial charge in [0, 0.05) is 13.2 Å². The fourth-order valence-electron chi connectivity index (χ4n) is 1.58. The van der Waals surface area contributed by atoms with Gasteiger partial charge < -0.3 is 5.11 Å². The number of anilines is 1. The highest BCUT2D eigenvalue weighted by molar-refractivity contribution is 7.92. The largest absolute Gasteiger partial charge is 0.507 e. The lowest BCUT2D eigenvalue weighted by Crippen LogP contribution is -2.13. The van der Waals surface area contributed by atoms with Crippen LogP contribution in [0.25, 0.3) is 0 Å². The third-order valence-corrected chi connectivity index (χ3v) is 3.83. The number of nitrogens with zero attached hydrogens (tertiary/aromatic N) is 2. The van der Waals surface area contributed by atoms with E-state index in [1.807, 2.05) is 0 Å². The Morgan fingerprint density at radius 3 is 2.56 bits per heavy atom. The molecule has 7 heteroatoms. The van der Waals surface area contributed by atoms with Gasteiger partial charge in [-0.1, -0.05) is 12.1 Å². The van der Waals surface area contributed by atoms with Crippen molar-refractivity contribution in [2.45, 2.75) is 11.8 Å². The Hall–Kier alpha value is -2.02. The van der Waals surface area contributed by atoms with E-state index < -0.39 is 10.0 Å². The van der Waals surface area contributed by atoms with Gasteiger partial charge in [-0.25, -0.2) is 8.42 Å². The molecule has 0 spiro atoms. The molecule has 0 unspecified atom stereocenters. The van der Waals surface area contributed by atoms with Crippen molar-refractivity contribution in [1.29, 1.82) is 0 Å². The molecule has 0 fully saturated rings. The van der Waals surface area contributed by atoms with E-state index in [1.165, 1.54) is 16.8 Å². The number of hydrogen-bond acceptors (Lipinski definition) is 4. The minimum Gasteiger partial charge on any atom is -0.507 e. The number of sulfonamides is 1. The van der Waals surface area contributed by atoms with Crippen LogP contribution >= 0.6 is 0 Å². The van der Waals surface area contributed by atoms with Crippen molar-refractivity contribution in [3.05, 3.63) is 36.2 Å². The van der Waals surface area contributed by atoms with Crippen molar-refractivity contribution in [1.82, 2.24) is 9.78 Å². The van der Waals surface area contributed by atoms with Crippen LogP contribution < -0.4 is 4.72 Å². The molecule has 0 amide bonds. The van der Waals surface area contributed by atoms with E-state index in [1.54, 1.807) is 32.3 Å². The highest BCUT2D eigenvalue weighted by atomic mass is 32.2. The van der Waals surface area contributed by atoms with Crippen molar-refractivity contribution < 1.29 is 13.5 Å². The van der Waals surface area contributed by atoms with Gasteiger partial charge in [0.1, 0.15) is 10.6 Å². The smallest absolute Gasteiger partial charge is 0.265 e. The average molecular weight is 267 g/mol. The van der Waals surface area contributed by atoms with Crippen molar-refractivity contribution in [2.75, 3.05) is 4.72 Å². The predicted octanol–water partition coefficient (Wildman–Crippen LogP) is 1.23. The summed E-state index contributed by atoms with van der Waals surface area (Å²) in [5.74, 6) is -0.286. The molecule has 0 saturated heterocycles. The standard InChI is InChI=1S/C11H13N3O3S/c1-8-9(7-14(2)12-8)13-18(16,17)11-6-4-3-5-10(11)15/h3-7,13,15H,1-2H3. The molecule has 2 rings (SSSR count). The number of aromatic hydroxyl groups is 1. The van der Waals surface area contributed by atoms with Crippen LogP contribution in [0.1, 0.15) is 5.69 Å². The van der Waals surface area contributed by atoms with Crippen molar-refractivity contribution in [3.63, 3.8) is 0 Å². The van der Waals surface area contributed by atoms with E-state index in [9.17, 15) is 13.5 Å². The van der Waals surface area contributed by atoms with Crippen molar-refractivity contribution in [3.8, 4) is 5.75 Å². The number of rotatable bonds is 3. The molecule has 0 radical (unpaired) electrons. The summed E-state index contributed by atoms with van der Waals surface area (Å²) in [6.45, 7) is 1.70. The zero-order valence-corrected chi connectivity index (χ0v) is 10.8. The highest BCUT2D eigenvalue weighted by Crippen LogP contribution is 2.24. The van der Waals surface area contributed by atoms with Crippen LogP contribution in [0.4, 0.5) is 5.69 Å². The molecule has 6 nitrogen and oxygen atoms in total. The summed E-state index contributed by atoms with van der Waals surface area (Å²) in [5, 5.41) is 13.6. The Labute approximate surface area is 105 Å². The molecule has 0 aliphatic carbocycles. The summed E-state index contributed by atoms with van der Waals surface area (Å²) in [7, 11) is -2.11. The van der Waals surface area contributed by atoms with Gasteiger partial charge in [-0.05, 0) is 19.1 Å². The Bertz CT molecular complexity index is 677. The van der Waals surface area contributed by atoms with Crippen LogP contribution in [0.5, 0.6) is 5.75 Å². The lowest BCUT2D eigenvalue weighted by Gasteiger charge is -2.07. The lowest BCUT2D eigenvalue weighted by molar-refractivity contribution is 0.459. The third-order valence-electron chi connectivity index (χ3n) is 2.41. The minimum atomic E-state index is -3.81. The van der Waals surface area contributed by atoms with Gasteiger partial charge in [0.05, 0.1) is 11.4 Å². The fourth-order valence-corrected chi connectivity index (χ4v) is 2.78. The number of aryl methyl sites for hydroxylation is 2. The fraction of sp³-hybridized carbons (Fsp3) is 0.182. The molecule has 0 atom stereocenters. The maximum atomic E-state index is 12.1. The van der Waals surface area contributed by atoms with Crippen LogP contribution in [0.3, 0.4) is 0 Å². The first-order valence-corrected chi connectivity index (χ1v) is 6.69. The van der Waals surface area contributed by atoms with Gasteiger partial charge in [-0.3, -0.25) is 9.40 Å². The minimum absolute atomic E-state index is 0.159. The molecule has 1 aromatic heterocycles. The van der Waals surface area contributed by atoms with Crippen molar-refractivity contribution in [2.24, 2.45) is 7.05 Å². The predicted molar refractivity (Wildman–Crippen MR) is 66.9 cm³/mol. The summed E-state index contributed by atoms with van der Waals surface area (Å²) in [4.78, 5) is -0.159. The molecule has 0 bridgehead atoms. The van der Waals surface area contributed by atoms with E-state index in [0.29, 0.717) is 11.4 Å². The van der Waals surface area contributed by atoms with E-state index >= 15 is 0 Å². The topological polar surface area (TPSA) is 84.2 Å². The van der Waals surface area contributed by atoms with Crippen LogP contribution in [-0.2, 0) is 17.1 Å². The molecule has 1 aromatic carbocycles. The number of hydrogen-bond donors (Lipinski definition) is 2. The quantitative estimate of drug-likeness (QED) is 0.876.